The van der Waals surface area contributed by atoms with Crippen molar-refractivity contribution in [2.45, 2.75) is 19.4 Å². The van der Waals surface area contributed by atoms with Crippen molar-refractivity contribution >= 4 is 0 Å². The minimum absolute atomic E-state index is 0.264. The zero-order chi connectivity index (χ0) is 10.9. The molecule has 14 heavy (non-hydrogen) atoms. The Morgan fingerprint density at radius 1 is 1.43 bits per heavy atom. The average molecular weight is 201 g/mol. The molecule has 0 aliphatic carbocycles. The summed E-state index contributed by atoms with van der Waals surface area (Å²) < 4.78 is 26.8. The molecule has 0 saturated carbocycles. The highest BCUT2D eigenvalue weighted by Gasteiger charge is 2.28. The third kappa shape index (κ3) is 1.76. The van der Waals surface area contributed by atoms with E-state index in [1.165, 1.54) is 19.9 Å². The lowest BCUT2D eigenvalue weighted by molar-refractivity contribution is 0.202. The van der Waals surface area contributed by atoms with Crippen LogP contribution in [-0.2, 0) is 5.54 Å². The van der Waals surface area contributed by atoms with E-state index in [9.17, 15) is 8.78 Å². The molecule has 2 nitrogen and oxygen atoms in total. The number of aliphatic hydroxyl groups is 1. The fourth-order valence-corrected chi connectivity index (χ4v) is 1.26. The third-order valence-electron chi connectivity index (χ3n) is 2.18. The standard InChI is InChI=1S/C10H13F2NO/c1-6-3-4-7(11)8(9(6)12)10(2,13)5-14/h3-4,14H,5,13H2,1-2H3/t10-/m0/s1. The van der Waals surface area contributed by atoms with E-state index in [2.05, 4.69) is 0 Å². The Hall–Kier alpha value is -1.00. The third-order valence-corrected chi connectivity index (χ3v) is 2.18. The molecule has 0 radical (unpaired) electrons. The van der Waals surface area contributed by atoms with Gasteiger partial charge in [-0.2, -0.15) is 0 Å². The Labute approximate surface area is 81.4 Å². The van der Waals surface area contributed by atoms with Gasteiger partial charge >= 0.3 is 0 Å². The Morgan fingerprint density at radius 3 is 2.50 bits per heavy atom. The minimum Gasteiger partial charge on any atom is -0.394 e. The van der Waals surface area contributed by atoms with E-state index in [-0.39, 0.29) is 5.56 Å². The molecule has 1 atom stereocenters. The number of nitrogens with two attached hydrogens (primary N) is 1. The van der Waals surface area contributed by atoms with Gasteiger partial charge in [0.05, 0.1) is 12.1 Å². The second-order valence-corrected chi connectivity index (χ2v) is 3.63. The Bertz CT molecular complexity index is 350. The molecule has 0 aliphatic rings. The van der Waals surface area contributed by atoms with Gasteiger partial charge in [-0.15, -0.1) is 0 Å². The molecule has 0 unspecified atom stereocenters. The molecule has 3 N–H and O–H groups in total. The van der Waals surface area contributed by atoms with Gasteiger partial charge in [0.25, 0.3) is 0 Å². The van der Waals surface area contributed by atoms with E-state index in [1.54, 1.807) is 0 Å². The highest BCUT2D eigenvalue weighted by molar-refractivity contribution is 5.32. The number of aliphatic hydroxyl groups excluding tert-OH is 1. The van der Waals surface area contributed by atoms with Crippen molar-refractivity contribution in [3.8, 4) is 0 Å². The fraction of sp³-hybridized carbons (Fsp3) is 0.400. The van der Waals surface area contributed by atoms with E-state index >= 15 is 0 Å². The monoisotopic (exact) mass is 201 g/mol. The van der Waals surface area contributed by atoms with Crippen molar-refractivity contribution in [2.75, 3.05) is 6.61 Å². The number of aryl methyl sites for hydroxylation is 1. The highest BCUT2D eigenvalue weighted by Crippen LogP contribution is 2.25. The second-order valence-electron chi connectivity index (χ2n) is 3.63. The van der Waals surface area contributed by atoms with Gasteiger partial charge in [-0.3, -0.25) is 0 Å². The van der Waals surface area contributed by atoms with Crippen LogP contribution in [0.5, 0.6) is 0 Å². The van der Waals surface area contributed by atoms with E-state index < -0.39 is 23.8 Å². The molecule has 1 rings (SSSR count). The Morgan fingerprint density at radius 2 is 2.00 bits per heavy atom. The van der Waals surface area contributed by atoms with Gasteiger partial charge < -0.3 is 10.8 Å². The summed E-state index contributed by atoms with van der Waals surface area (Å²) in [4.78, 5) is 0. The number of hydrogen-bond donors (Lipinski definition) is 2. The van der Waals surface area contributed by atoms with Crippen LogP contribution in [0.25, 0.3) is 0 Å². The first-order valence-corrected chi connectivity index (χ1v) is 4.25. The van der Waals surface area contributed by atoms with Gasteiger partial charge in [-0.25, -0.2) is 8.78 Å². The average Bonchev–Trinajstić information content (AvgIpc) is 2.12. The maximum Gasteiger partial charge on any atom is 0.134 e. The lowest BCUT2D eigenvalue weighted by Gasteiger charge is -2.24. The van der Waals surface area contributed by atoms with Crippen LogP contribution >= 0.6 is 0 Å². The van der Waals surface area contributed by atoms with E-state index in [4.69, 9.17) is 10.8 Å². The first-order valence-electron chi connectivity index (χ1n) is 4.25. The van der Waals surface area contributed by atoms with Gasteiger partial charge in [-0.05, 0) is 25.5 Å². The second kappa shape index (κ2) is 3.63. The van der Waals surface area contributed by atoms with Crippen molar-refractivity contribution in [1.29, 1.82) is 0 Å². The molecule has 4 heteroatoms. The molecule has 0 aromatic heterocycles. The van der Waals surface area contributed by atoms with Crippen LogP contribution in [0.4, 0.5) is 8.78 Å². The molecule has 0 spiro atoms. The lowest BCUT2D eigenvalue weighted by Crippen LogP contribution is -2.39. The predicted octanol–water partition coefficient (Wildman–Crippen LogP) is 1.44. The number of halogens is 2. The maximum absolute atomic E-state index is 13.5. The fourth-order valence-electron chi connectivity index (χ4n) is 1.26. The van der Waals surface area contributed by atoms with Crippen LogP contribution in [0.15, 0.2) is 12.1 Å². The van der Waals surface area contributed by atoms with Crippen LogP contribution in [0.1, 0.15) is 18.1 Å². The van der Waals surface area contributed by atoms with Gasteiger partial charge in [0.2, 0.25) is 0 Å². The summed E-state index contributed by atoms with van der Waals surface area (Å²) in [6, 6.07) is 2.48. The maximum atomic E-state index is 13.5. The minimum atomic E-state index is -1.39. The van der Waals surface area contributed by atoms with Crippen LogP contribution in [0, 0.1) is 18.6 Å². The summed E-state index contributed by atoms with van der Waals surface area (Å²) in [6.07, 6.45) is 0. The topological polar surface area (TPSA) is 46.2 Å². The van der Waals surface area contributed by atoms with Gasteiger partial charge in [0.1, 0.15) is 11.6 Å². The molecule has 0 saturated heterocycles. The van der Waals surface area contributed by atoms with Crippen molar-refractivity contribution in [1.82, 2.24) is 0 Å². The van der Waals surface area contributed by atoms with Gasteiger partial charge in [-0.1, -0.05) is 6.07 Å². The van der Waals surface area contributed by atoms with Crippen molar-refractivity contribution in [3.05, 3.63) is 34.9 Å². The SMILES string of the molecule is Cc1ccc(F)c([C@@](C)(N)CO)c1F. The number of hydrogen-bond acceptors (Lipinski definition) is 2. The Kier molecular flexibility index (Phi) is 2.87. The van der Waals surface area contributed by atoms with Gasteiger partial charge in [0.15, 0.2) is 0 Å². The van der Waals surface area contributed by atoms with E-state index in [0.717, 1.165) is 6.07 Å². The molecule has 1 aromatic carbocycles. The summed E-state index contributed by atoms with van der Waals surface area (Å²) in [5, 5.41) is 8.93. The summed E-state index contributed by atoms with van der Waals surface area (Å²) in [6.45, 7) is 2.39. The summed E-state index contributed by atoms with van der Waals surface area (Å²) in [5.74, 6) is -1.42. The van der Waals surface area contributed by atoms with Gasteiger partial charge in [0, 0.05) is 5.56 Å². The van der Waals surface area contributed by atoms with Crippen molar-refractivity contribution in [3.63, 3.8) is 0 Å². The molecule has 0 amide bonds. The lowest BCUT2D eigenvalue weighted by atomic mass is 9.91. The Balaban J connectivity index is 3.40. The molecule has 0 heterocycles. The molecule has 0 bridgehead atoms. The smallest absolute Gasteiger partial charge is 0.134 e. The largest absolute Gasteiger partial charge is 0.394 e. The summed E-state index contributed by atoms with van der Waals surface area (Å²) >= 11 is 0. The van der Waals surface area contributed by atoms with E-state index in [0.29, 0.717) is 5.56 Å². The molecule has 0 fully saturated rings. The number of rotatable bonds is 2. The zero-order valence-corrected chi connectivity index (χ0v) is 8.14. The highest BCUT2D eigenvalue weighted by atomic mass is 19.1. The quantitative estimate of drug-likeness (QED) is 0.760. The zero-order valence-electron chi connectivity index (χ0n) is 8.14. The molecule has 78 valence electrons. The van der Waals surface area contributed by atoms with Crippen molar-refractivity contribution < 1.29 is 13.9 Å². The molecule has 0 aliphatic heterocycles. The van der Waals surface area contributed by atoms with Crippen LogP contribution in [-0.4, -0.2) is 11.7 Å². The molecular weight excluding hydrogens is 188 g/mol. The van der Waals surface area contributed by atoms with Crippen LogP contribution in [0.2, 0.25) is 0 Å². The van der Waals surface area contributed by atoms with Crippen LogP contribution < -0.4 is 5.73 Å². The normalized spacial score (nSPS) is 15.3. The summed E-state index contributed by atoms with van der Waals surface area (Å²) in [5.41, 5.74) is 4.24. The predicted molar refractivity (Wildman–Crippen MR) is 49.7 cm³/mol. The van der Waals surface area contributed by atoms with Crippen LogP contribution in [0.3, 0.4) is 0 Å². The van der Waals surface area contributed by atoms with Crippen molar-refractivity contribution in [2.24, 2.45) is 5.73 Å². The number of benzene rings is 1. The first-order chi connectivity index (χ1) is 6.40. The molecule has 1 aromatic rings. The van der Waals surface area contributed by atoms with E-state index in [1.807, 2.05) is 0 Å². The molecular formula is C10H13F2NO. The first kappa shape index (κ1) is 11.1. The summed E-state index contributed by atoms with van der Waals surface area (Å²) in [7, 11) is 0.